The average molecular weight is 559 g/mol. The molecule has 2 aliphatic heterocycles. The molecule has 9 heteroatoms. The van der Waals surface area contributed by atoms with E-state index in [0.717, 1.165) is 68.6 Å². The molecule has 1 spiro atoms. The first-order valence-electron chi connectivity index (χ1n) is 14.9. The van der Waals surface area contributed by atoms with Gasteiger partial charge in [-0.25, -0.2) is 4.39 Å². The van der Waals surface area contributed by atoms with E-state index < -0.39 is 17.8 Å². The van der Waals surface area contributed by atoms with Crippen LogP contribution in [0.3, 0.4) is 0 Å². The third kappa shape index (κ3) is 5.07. The predicted molar refractivity (Wildman–Crippen MR) is 155 cm³/mol. The third-order valence-electron chi connectivity index (χ3n) is 9.92. The molecule has 41 heavy (non-hydrogen) atoms. The topological polar surface area (TPSA) is 85.6 Å². The van der Waals surface area contributed by atoms with Gasteiger partial charge in [-0.3, -0.25) is 4.79 Å². The van der Waals surface area contributed by atoms with Gasteiger partial charge in [0.15, 0.2) is 5.83 Å². The summed E-state index contributed by atoms with van der Waals surface area (Å²) in [5, 5.41) is 9.49. The number of benzene rings is 1. The van der Waals surface area contributed by atoms with Gasteiger partial charge >= 0.3 is 6.01 Å². The highest BCUT2D eigenvalue weighted by Crippen LogP contribution is 2.49. The number of piperazine rings is 1. The fraction of sp³-hybridized carbons (Fsp3) is 0.562. The number of amides is 1. The van der Waals surface area contributed by atoms with Gasteiger partial charge in [-0.1, -0.05) is 24.8 Å². The van der Waals surface area contributed by atoms with Gasteiger partial charge in [0.05, 0.1) is 24.2 Å². The van der Waals surface area contributed by atoms with E-state index in [4.69, 9.17) is 14.7 Å². The Morgan fingerprint density at radius 1 is 1.20 bits per heavy atom. The molecule has 3 heterocycles. The number of rotatable bonds is 6. The molecule has 2 aromatic rings. The number of likely N-dealkylation sites (tertiary alicyclic amines) is 1. The van der Waals surface area contributed by atoms with Gasteiger partial charge < -0.3 is 19.4 Å². The van der Waals surface area contributed by atoms with Gasteiger partial charge in [-0.2, -0.15) is 15.2 Å². The summed E-state index contributed by atoms with van der Waals surface area (Å²) in [5.41, 5.74) is 6.56. The zero-order valence-corrected chi connectivity index (χ0v) is 24.2. The van der Waals surface area contributed by atoms with Gasteiger partial charge in [0.1, 0.15) is 12.4 Å². The van der Waals surface area contributed by atoms with Crippen molar-refractivity contribution in [3.63, 3.8) is 0 Å². The Bertz CT molecular complexity index is 1410. The van der Waals surface area contributed by atoms with E-state index in [1.807, 2.05) is 0 Å². The number of likely N-dealkylation sites (N-methyl/N-ethyl adjacent to an activating group) is 1. The lowest BCUT2D eigenvalue weighted by Crippen LogP contribution is -2.55. The van der Waals surface area contributed by atoms with Crippen molar-refractivity contribution in [3.05, 3.63) is 58.6 Å². The monoisotopic (exact) mass is 558 g/mol. The highest BCUT2D eigenvalue weighted by molar-refractivity contribution is 5.91. The number of anilines is 1. The molecule has 2 saturated heterocycles. The van der Waals surface area contributed by atoms with Crippen molar-refractivity contribution in [1.29, 1.82) is 5.26 Å². The van der Waals surface area contributed by atoms with Crippen LogP contribution >= 0.6 is 0 Å². The number of nitriles is 1. The second kappa shape index (κ2) is 11.1. The Kier molecular flexibility index (Phi) is 7.45. The van der Waals surface area contributed by atoms with Crippen LogP contribution in [0.5, 0.6) is 6.01 Å². The molecular formula is C32H39FN6O2. The standard InChI is InChI=1S/C32H39FN6O2/c1-21-6-4-8-27-25(21)9-12-32(27)13-10-26-28(18-32)35-31(41-20-24-7-5-15-37(24)3)36-29(26)38-16-17-39(30(40)22(2)33)23(19-38)11-14-34/h4,6,8,23-24H,2,5,7,9-13,15-20H2,1,3H3. The largest absolute Gasteiger partial charge is 0.462 e. The minimum atomic E-state index is -0.995. The summed E-state index contributed by atoms with van der Waals surface area (Å²) < 4.78 is 20.1. The first-order chi connectivity index (χ1) is 19.8. The molecule has 2 aliphatic carbocycles. The van der Waals surface area contributed by atoms with Crippen LogP contribution in [0, 0.1) is 18.3 Å². The lowest BCUT2D eigenvalue weighted by Gasteiger charge is -2.42. The summed E-state index contributed by atoms with van der Waals surface area (Å²) in [6, 6.07) is 9.16. The van der Waals surface area contributed by atoms with E-state index in [0.29, 0.717) is 38.3 Å². The summed E-state index contributed by atoms with van der Waals surface area (Å²) >= 11 is 0. The summed E-state index contributed by atoms with van der Waals surface area (Å²) in [5.74, 6) is -0.904. The Morgan fingerprint density at radius 2 is 2.00 bits per heavy atom. The van der Waals surface area contributed by atoms with Gasteiger partial charge in [-0.15, -0.1) is 0 Å². The molecule has 3 atom stereocenters. The number of carbonyl (C=O) groups excluding carboxylic acids is 1. The first kappa shape index (κ1) is 27.6. The van der Waals surface area contributed by atoms with Crippen LogP contribution in [0.4, 0.5) is 10.2 Å². The number of hydrogen-bond acceptors (Lipinski definition) is 7. The fourth-order valence-corrected chi connectivity index (χ4v) is 7.58. The number of aromatic nitrogens is 2. The number of carbonyl (C=O) groups is 1. The molecular weight excluding hydrogens is 519 g/mol. The van der Waals surface area contributed by atoms with Gasteiger partial charge in [0, 0.05) is 36.7 Å². The van der Waals surface area contributed by atoms with Crippen molar-refractivity contribution in [2.75, 3.05) is 44.7 Å². The summed E-state index contributed by atoms with van der Waals surface area (Å²) in [4.78, 5) is 28.4. The molecule has 2 fully saturated rings. The summed E-state index contributed by atoms with van der Waals surface area (Å²) in [7, 11) is 2.13. The smallest absolute Gasteiger partial charge is 0.318 e. The third-order valence-corrected chi connectivity index (χ3v) is 9.92. The van der Waals surface area contributed by atoms with E-state index in [2.05, 4.69) is 54.6 Å². The molecule has 6 rings (SSSR count). The van der Waals surface area contributed by atoms with Crippen molar-refractivity contribution in [2.24, 2.45) is 0 Å². The van der Waals surface area contributed by atoms with Crippen molar-refractivity contribution in [3.8, 4) is 12.1 Å². The Balaban J connectivity index is 1.34. The van der Waals surface area contributed by atoms with Gasteiger partial charge in [-0.05, 0) is 82.2 Å². The summed E-state index contributed by atoms with van der Waals surface area (Å²) in [6.45, 7) is 8.20. The zero-order chi connectivity index (χ0) is 28.7. The molecule has 216 valence electrons. The van der Waals surface area contributed by atoms with Crippen LogP contribution in [0.15, 0.2) is 30.6 Å². The second-order valence-corrected chi connectivity index (χ2v) is 12.3. The van der Waals surface area contributed by atoms with Gasteiger partial charge in [0.25, 0.3) is 5.91 Å². The molecule has 4 aliphatic rings. The second-order valence-electron chi connectivity index (χ2n) is 12.3. The highest BCUT2D eigenvalue weighted by atomic mass is 19.1. The lowest BCUT2D eigenvalue weighted by atomic mass is 9.69. The molecule has 0 saturated carbocycles. The molecule has 0 radical (unpaired) electrons. The number of ether oxygens (including phenoxy) is 1. The normalized spacial score (nSPS) is 25.6. The maximum atomic E-state index is 13.8. The molecule has 1 amide bonds. The number of fused-ring (bicyclic) bond motifs is 3. The Labute approximate surface area is 241 Å². The molecule has 0 N–H and O–H groups in total. The Morgan fingerprint density at radius 3 is 2.73 bits per heavy atom. The predicted octanol–water partition coefficient (Wildman–Crippen LogP) is 4.05. The van der Waals surface area contributed by atoms with E-state index in [9.17, 15) is 14.4 Å². The minimum absolute atomic E-state index is 0.0683. The van der Waals surface area contributed by atoms with E-state index in [-0.39, 0.29) is 11.8 Å². The van der Waals surface area contributed by atoms with Crippen LogP contribution in [0.25, 0.3) is 0 Å². The summed E-state index contributed by atoms with van der Waals surface area (Å²) in [6.07, 6.45) is 7.31. The fourth-order valence-electron chi connectivity index (χ4n) is 7.58. The van der Waals surface area contributed by atoms with E-state index in [1.54, 1.807) is 0 Å². The zero-order valence-electron chi connectivity index (χ0n) is 24.2. The van der Waals surface area contributed by atoms with Crippen LogP contribution in [0.1, 0.15) is 60.1 Å². The molecule has 1 aromatic carbocycles. The lowest BCUT2D eigenvalue weighted by molar-refractivity contribution is -0.131. The van der Waals surface area contributed by atoms with Crippen LogP contribution in [-0.2, 0) is 29.5 Å². The number of hydrogen-bond donors (Lipinski definition) is 0. The molecule has 0 bridgehead atoms. The van der Waals surface area contributed by atoms with E-state index >= 15 is 0 Å². The number of aryl methyl sites for hydroxylation is 1. The maximum Gasteiger partial charge on any atom is 0.318 e. The molecule has 8 nitrogen and oxygen atoms in total. The van der Waals surface area contributed by atoms with Crippen LogP contribution in [-0.4, -0.2) is 77.6 Å². The Hall–Kier alpha value is -3.51. The molecule has 3 unspecified atom stereocenters. The van der Waals surface area contributed by atoms with Crippen molar-refractivity contribution in [2.45, 2.75) is 75.8 Å². The van der Waals surface area contributed by atoms with Crippen LogP contribution < -0.4 is 9.64 Å². The minimum Gasteiger partial charge on any atom is -0.462 e. The number of nitrogens with zero attached hydrogens (tertiary/aromatic N) is 6. The van der Waals surface area contributed by atoms with Gasteiger partial charge in [0.2, 0.25) is 0 Å². The maximum absolute atomic E-state index is 13.8. The SMILES string of the molecule is C=C(F)C(=O)N1CCN(c2nc(OCC3CCCN3C)nc3c2CCC2(CCc4c(C)cccc42)C3)CC1CC#N. The van der Waals surface area contributed by atoms with Crippen LogP contribution in [0.2, 0.25) is 0 Å². The number of halogens is 1. The quantitative estimate of drug-likeness (QED) is 0.495. The van der Waals surface area contributed by atoms with Crippen molar-refractivity contribution >= 4 is 11.7 Å². The first-order valence-corrected chi connectivity index (χ1v) is 14.9. The van der Waals surface area contributed by atoms with E-state index in [1.165, 1.54) is 21.6 Å². The van der Waals surface area contributed by atoms with Crippen molar-refractivity contribution in [1.82, 2.24) is 19.8 Å². The average Bonchev–Trinajstić information content (AvgIpc) is 3.54. The highest BCUT2D eigenvalue weighted by Gasteiger charge is 2.44. The van der Waals surface area contributed by atoms with Crippen molar-refractivity contribution < 1.29 is 13.9 Å². The molecule has 1 aromatic heterocycles.